The highest BCUT2D eigenvalue weighted by atomic mass is 79.9. The van der Waals surface area contributed by atoms with Crippen LogP contribution in [0.4, 0.5) is 4.79 Å². The molecule has 0 radical (unpaired) electrons. The van der Waals surface area contributed by atoms with Crippen molar-refractivity contribution in [2.45, 2.75) is 49.8 Å². The van der Waals surface area contributed by atoms with Gasteiger partial charge in [-0.1, -0.05) is 15.9 Å². The van der Waals surface area contributed by atoms with E-state index in [9.17, 15) is 13.8 Å². The number of hydrogen-bond donors (Lipinski definition) is 1. The summed E-state index contributed by atoms with van der Waals surface area (Å²) in [6.45, 7) is 5.29. The van der Waals surface area contributed by atoms with Crippen molar-refractivity contribution < 1.29 is 22.7 Å². The SMILES string of the molecule is CC(C)(C)OC(=O)N1CC(OS(=O)c2ccc(Br)cc2)CC1C(N)=O. The van der Waals surface area contributed by atoms with Crippen molar-refractivity contribution in [3.05, 3.63) is 28.7 Å². The van der Waals surface area contributed by atoms with Crippen molar-refractivity contribution in [2.75, 3.05) is 6.54 Å². The number of rotatable bonds is 4. The first-order valence-electron chi connectivity index (χ1n) is 7.70. The second-order valence-corrected chi connectivity index (χ2v) is 8.74. The average molecular weight is 433 g/mol. The predicted molar refractivity (Wildman–Crippen MR) is 96.0 cm³/mol. The lowest BCUT2D eigenvalue weighted by Crippen LogP contribution is -2.45. The molecular formula is C16H21BrN2O5S. The van der Waals surface area contributed by atoms with E-state index in [-0.39, 0.29) is 13.0 Å². The van der Waals surface area contributed by atoms with Crippen molar-refractivity contribution in [1.82, 2.24) is 4.90 Å². The molecule has 3 atom stereocenters. The first-order chi connectivity index (χ1) is 11.6. The number of benzene rings is 1. The zero-order valence-electron chi connectivity index (χ0n) is 14.2. The number of carbonyl (C=O) groups is 2. The first-order valence-corrected chi connectivity index (χ1v) is 9.57. The van der Waals surface area contributed by atoms with Crippen molar-refractivity contribution >= 4 is 39.0 Å². The number of nitrogens with zero attached hydrogens (tertiary/aromatic N) is 1. The predicted octanol–water partition coefficient (Wildman–Crippen LogP) is 2.35. The Bertz CT molecular complexity index is 674. The van der Waals surface area contributed by atoms with Gasteiger partial charge in [-0.2, -0.15) is 0 Å². The lowest BCUT2D eigenvalue weighted by molar-refractivity contribution is -0.122. The molecule has 1 aromatic carbocycles. The third-order valence-electron chi connectivity index (χ3n) is 3.45. The highest BCUT2D eigenvalue weighted by Crippen LogP contribution is 2.25. The van der Waals surface area contributed by atoms with Crippen LogP contribution in [0.3, 0.4) is 0 Å². The van der Waals surface area contributed by atoms with Crippen molar-refractivity contribution in [3.8, 4) is 0 Å². The number of halogens is 1. The van der Waals surface area contributed by atoms with E-state index in [1.54, 1.807) is 45.0 Å². The van der Waals surface area contributed by atoms with Gasteiger partial charge >= 0.3 is 6.09 Å². The molecule has 2 N–H and O–H groups in total. The van der Waals surface area contributed by atoms with E-state index in [0.717, 1.165) is 4.47 Å². The van der Waals surface area contributed by atoms with E-state index < -0.39 is 40.8 Å². The summed E-state index contributed by atoms with van der Waals surface area (Å²) < 4.78 is 24.0. The fourth-order valence-corrected chi connectivity index (χ4v) is 3.50. The Morgan fingerprint density at radius 2 is 1.88 bits per heavy atom. The minimum Gasteiger partial charge on any atom is -0.444 e. The van der Waals surface area contributed by atoms with Crippen LogP contribution in [0.25, 0.3) is 0 Å². The second-order valence-electron chi connectivity index (χ2n) is 6.69. The molecule has 3 unspecified atom stereocenters. The number of ether oxygens (including phenoxy) is 1. The van der Waals surface area contributed by atoms with Gasteiger partial charge in [0.1, 0.15) is 11.6 Å². The second kappa shape index (κ2) is 7.84. The first kappa shape index (κ1) is 19.9. The summed E-state index contributed by atoms with van der Waals surface area (Å²) in [4.78, 5) is 25.7. The zero-order chi connectivity index (χ0) is 18.8. The van der Waals surface area contributed by atoms with Gasteiger partial charge in [-0.3, -0.25) is 13.9 Å². The highest BCUT2D eigenvalue weighted by Gasteiger charge is 2.42. The quantitative estimate of drug-likeness (QED) is 0.786. The fourth-order valence-electron chi connectivity index (χ4n) is 2.38. The van der Waals surface area contributed by atoms with Crippen molar-refractivity contribution in [2.24, 2.45) is 5.73 Å². The fraction of sp³-hybridized carbons (Fsp3) is 0.500. The number of hydrogen-bond acceptors (Lipinski definition) is 5. The van der Waals surface area contributed by atoms with Crippen LogP contribution in [0.15, 0.2) is 33.6 Å². The summed E-state index contributed by atoms with van der Waals surface area (Å²) in [7, 11) is 0. The van der Waals surface area contributed by atoms with Crippen LogP contribution in [0.1, 0.15) is 27.2 Å². The molecule has 1 aliphatic rings. The number of nitrogens with two attached hydrogens (primary N) is 1. The Morgan fingerprint density at radius 3 is 2.40 bits per heavy atom. The smallest absolute Gasteiger partial charge is 0.411 e. The third kappa shape index (κ3) is 5.52. The molecule has 9 heteroatoms. The van der Waals surface area contributed by atoms with Crippen LogP contribution in [0.5, 0.6) is 0 Å². The molecule has 1 aromatic rings. The van der Waals surface area contributed by atoms with Crippen LogP contribution < -0.4 is 5.73 Å². The normalized spacial score (nSPS) is 21.8. The Labute approximate surface area is 157 Å². The molecule has 0 spiro atoms. The van der Waals surface area contributed by atoms with Crippen molar-refractivity contribution in [1.29, 1.82) is 0 Å². The van der Waals surface area contributed by atoms with Crippen LogP contribution >= 0.6 is 15.9 Å². The van der Waals surface area contributed by atoms with Crippen LogP contribution in [0.2, 0.25) is 0 Å². The average Bonchev–Trinajstić information content (AvgIpc) is 2.90. The van der Waals surface area contributed by atoms with Gasteiger partial charge in [0.05, 0.1) is 17.5 Å². The van der Waals surface area contributed by atoms with E-state index in [1.807, 2.05) is 0 Å². The Kier molecular flexibility index (Phi) is 6.23. The standard InChI is InChI=1S/C16H21BrN2O5S/c1-16(2,3)23-15(21)19-9-11(8-13(19)14(18)20)24-25(22)12-6-4-10(17)5-7-12/h4-7,11,13H,8-9H2,1-3H3,(H2,18,20). The van der Waals surface area contributed by atoms with Gasteiger partial charge < -0.3 is 10.5 Å². The lowest BCUT2D eigenvalue weighted by atomic mass is 10.2. The van der Waals surface area contributed by atoms with Crippen molar-refractivity contribution in [3.63, 3.8) is 0 Å². The molecule has 1 fully saturated rings. The van der Waals surface area contributed by atoms with E-state index in [0.29, 0.717) is 4.90 Å². The summed E-state index contributed by atoms with van der Waals surface area (Å²) in [5, 5.41) is 0. The summed E-state index contributed by atoms with van der Waals surface area (Å²) in [5.74, 6) is -0.647. The molecule has 1 saturated heterocycles. The molecule has 7 nitrogen and oxygen atoms in total. The number of likely N-dealkylation sites (tertiary alicyclic amines) is 1. The molecule has 0 aromatic heterocycles. The molecule has 0 aliphatic carbocycles. The highest BCUT2D eigenvalue weighted by molar-refractivity contribution is 9.10. The number of carbonyl (C=O) groups excluding carboxylic acids is 2. The maximum Gasteiger partial charge on any atom is 0.411 e. The van der Waals surface area contributed by atoms with Gasteiger partial charge in [0.25, 0.3) is 0 Å². The third-order valence-corrected chi connectivity index (χ3v) is 5.08. The molecule has 1 heterocycles. The van der Waals surface area contributed by atoms with Crippen LogP contribution in [-0.4, -0.2) is 45.4 Å². The summed E-state index contributed by atoms with van der Waals surface area (Å²) in [5.41, 5.74) is 4.69. The minimum absolute atomic E-state index is 0.0881. The largest absolute Gasteiger partial charge is 0.444 e. The maximum atomic E-state index is 12.3. The molecule has 0 saturated carbocycles. The van der Waals surface area contributed by atoms with E-state index >= 15 is 0 Å². The van der Waals surface area contributed by atoms with E-state index in [1.165, 1.54) is 4.90 Å². The molecule has 25 heavy (non-hydrogen) atoms. The topological polar surface area (TPSA) is 98.9 Å². The number of primary amides is 1. The molecule has 2 amide bonds. The Balaban J connectivity index is 2.06. The Hall–Kier alpha value is -1.45. The molecule has 0 bridgehead atoms. The van der Waals surface area contributed by atoms with Gasteiger partial charge in [0.15, 0.2) is 11.1 Å². The summed E-state index contributed by atoms with van der Waals surface area (Å²) in [6, 6.07) is 6.01. The molecule has 1 aliphatic heterocycles. The lowest BCUT2D eigenvalue weighted by Gasteiger charge is -2.27. The minimum atomic E-state index is -1.71. The van der Waals surface area contributed by atoms with Gasteiger partial charge in [0, 0.05) is 10.9 Å². The molecular weight excluding hydrogens is 412 g/mol. The van der Waals surface area contributed by atoms with Crippen LogP contribution in [0, 0.1) is 0 Å². The van der Waals surface area contributed by atoms with E-state index in [4.69, 9.17) is 14.7 Å². The summed E-state index contributed by atoms with van der Waals surface area (Å²) in [6.07, 6.45) is -1.04. The van der Waals surface area contributed by atoms with Crippen LogP contribution in [-0.2, 0) is 24.8 Å². The van der Waals surface area contributed by atoms with Gasteiger partial charge in [-0.05, 0) is 45.0 Å². The van der Waals surface area contributed by atoms with E-state index in [2.05, 4.69) is 15.9 Å². The van der Waals surface area contributed by atoms with Gasteiger partial charge in [-0.15, -0.1) is 0 Å². The Morgan fingerprint density at radius 1 is 1.28 bits per heavy atom. The van der Waals surface area contributed by atoms with Gasteiger partial charge in [-0.25, -0.2) is 9.00 Å². The summed E-state index contributed by atoms with van der Waals surface area (Å²) >= 11 is 1.60. The zero-order valence-corrected chi connectivity index (χ0v) is 16.6. The molecule has 138 valence electrons. The maximum absolute atomic E-state index is 12.3. The monoisotopic (exact) mass is 432 g/mol. The number of amides is 2. The van der Waals surface area contributed by atoms with Gasteiger partial charge in [0.2, 0.25) is 5.91 Å². The molecule has 2 rings (SSSR count).